The Bertz CT molecular complexity index is 442. The molecular formula is C12H16F2N2O3. The number of ether oxygens (including phenoxy) is 1. The molecule has 19 heavy (non-hydrogen) atoms. The number of halogens is 2. The predicted octanol–water partition coefficient (Wildman–Crippen LogP) is 0.634. The normalized spacial score (nSPS) is 22.9. The average Bonchev–Trinajstić information content (AvgIpc) is 2.95. The lowest BCUT2D eigenvalue weighted by molar-refractivity contribution is 0.0263. The number of hydrogen-bond donors (Lipinski definition) is 2. The Balaban J connectivity index is 1.94. The molecule has 2 rings (SSSR count). The molecule has 1 aliphatic rings. The summed E-state index contributed by atoms with van der Waals surface area (Å²) in [4.78, 5) is 11.9. The number of carbonyl (C=O) groups is 1. The van der Waals surface area contributed by atoms with Gasteiger partial charge in [-0.05, 0) is 12.1 Å². The number of aromatic nitrogens is 1. The first kappa shape index (κ1) is 14.0. The van der Waals surface area contributed by atoms with Crippen LogP contribution >= 0.6 is 0 Å². The summed E-state index contributed by atoms with van der Waals surface area (Å²) < 4.78 is 30.9. The van der Waals surface area contributed by atoms with Crippen LogP contribution in [0.4, 0.5) is 8.78 Å². The van der Waals surface area contributed by atoms with E-state index in [0.29, 0.717) is 13.0 Å². The second-order valence-corrected chi connectivity index (χ2v) is 4.65. The third kappa shape index (κ3) is 3.51. The number of rotatable bonds is 5. The van der Waals surface area contributed by atoms with Gasteiger partial charge in [-0.25, -0.2) is 8.78 Å². The van der Waals surface area contributed by atoms with Crippen LogP contribution in [-0.4, -0.2) is 47.4 Å². The topological polar surface area (TPSA) is 63.5 Å². The van der Waals surface area contributed by atoms with Gasteiger partial charge in [0.25, 0.3) is 12.3 Å². The second-order valence-electron chi connectivity index (χ2n) is 4.65. The number of amides is 1. The Labute approximate surface area is 109 Å². The van der Waals surface area contributed by atoms with Crippen molar-refractivity contribution >= 4 is 5.91 Å². The van der Waals surface area contributed by atoms with E-state index in [-0.39, 0.29) is 18.8 Å². The number of carbonyl (C=O) groups excluding carboxylic acids is 1. The highest BCUT2D eigenvalue weighted by Crippen LogP contribution is 2.17. The molecular weight excluding hydrogens is 258 g/mol. The minimum atomic E-state index is -2.52. The minimum absolute atomic E-state index is 0.0473. The van der Waals surface area contributed by atoms with Crippen molar-refractivity contribution in [1.82, 2.24) is 9.88 Å². The van der Waals surface area contributed by atoms with Crippen molar-refractivity contribution in [3.05, 3.63) is 24.0 Å². The van der Waals surface area contributed by atoms with Gasteiger partial charge in [-0.3, -0.25) is 4.79 Å². The smallest absolute Gasteiger partial charge is 0.268 e. The number of nitrogens with zero attached hydrogens (tertiary/aromatic N) is 1. The Morgan fingerprint density at radius 1 is 1.63 bits per heavy atom. The molecule has 1 amide bonds. The molecule has 1 aromatic heterocycles. The van der Waals surface area contributed by atoms with Gasteiger partial charge in [0.1, 0.15) is 11.3 Å². The largest absolute Gasteiger partial charge is 0.386 e. The molecule has 1 saturated heterocycles. The molecule has 106 valence electrons. The number of nitrogens with one attached hydrogen (secondary N) is 1. The lowest BCUT2D eigenvalue weighted by Crippen LogP contribution is -2.43. The van der Waals surface area contributed by atoms with Crippen LogP contribution in [0, 0.1) is 0 Å². The third-order valence-corrected chi connectivity index (χ3v) is 3.06. The number of alkyl halides is 2. The van der Waals surface area contributed by atoms with E-state index in [1.165, 1.54) is 22.9 Å². The fourth-order valence-electron chi connectivity index (χ4n) is 2.00. The molecule has 1 atom stereocenters. The van der Waals surface area contributed by atoms with E-state index in [1.807, 2.05) is 0 Å². The van der Waals surface area contributed by atoms with Crippen LogP contribution in [0.15, 0.2) is 18.3 Å². The molecule has 0 saturated carbocycles. The summed E-state index contributed by atoms with van der Waals surface area (Å²) >= 11 is 0. The van der Waals surface area contributed by atoms with E-state index < -0.39 is 24.5 Å². The van der Waals surface area contributed by atoms with Gasteiger partial charge < -0.3 is 19.7 Å². The van der Waals surface area contributed by atoms with Crippen molar-refractivity contribution in [3.63, 3.8) is 0 Å². The maximum absolute atomic E-state index is 12.3. The first-order valence-corrected chi connectivity index (χ1v) is 6.02. The average molecular weight is 274 g/mol. The maximum Gasteiger partial charge on any atom is 0.268 e. The zero-order valence-corrected chi connectivity index (χ0v) is 10.3. The van der Waals surface area contributed by atoms with Crippen molar-refractivity contribution in [2.75, 3.05) is 19.8 Å². The summed E-state index contributed by atoms with van der Waals surface area (Å²) in [6.07, 6.45) is -0.647. The van der Waals surface area contributed by atoms with Crippen LogP contribution in [0.1, 0.15) is 16.9 Å². The van der Waals surface area contributed by atoms with E-state index in [2.05, 4.69) is 5.32 Å². The molecule has 0 aliphatic carbocycles. The first-order valence-electron chi connectivity index (χ1n) is 6.02. The summed E-state index contributed by atoms with van der Waals surface area (Å²) in [5, 5.41) is 12.5. The lowest BCUT2D eigenvalue weighted by atomic mass is 10.0. The molecule has 0 radical (unpaired) electrons. The van der Waals surface area contributed by atoms with Crippen molar-refractivity contribution < 1.29 is 23.4 Å². The molecule has 0 spiro atoms. The molecule has 1 fully saturated rings. The highest BCUT2D eigenvalue weighted by Gasteiger charge is 2.32. The molecule has 2 N–H and O–H groups in total. The highest BCUT2D eigenvalue weighted by atomic mass is 19.3. The molecule has 1 aliphatic heterocycles. The highest BCUT2D eigenvalue weighted by molar-refractivity contribution is 5.92. The van der Waals surface area contributed by atoms with Gasteiger partial charge in [-0.2, -0.15) is 0 Å². The molecule has 2 heterocycles. The Morgan fingerprint density at radius 3 is 3.05 bits per heavy atom. The Hall–Kier alpha value is -1.47. The summed E-state index contributed by atoms with van der Waals surface area (Å²) in [7, 11) is 0. The van der Waals surface area contributed by atoms with Gasteiger partial charge in [0.2, 0.25) is 0 Å². The van der Waals surface area contributed by atoms with Gasteiger partial charge >= 0.3 is 0 Å². The van der Waals surface area contributed by atoms with Crippen molar-refractivity contribution in [3.8, 4) is 0 Å². The summed E-state index contributed by atoms with van der Waals surface area (Å²) in [6.45, 7) is 0.147. The van der Waals surface area contributed by atoms with Gasteiger partial charge in [-0.15, -0.1) is 0 Å². The monoisotopic (exact) mass is 274 g/mol. The summed E-state index contributed by atoms with van der Waals surface area (Å²) in [5.41, 5.74) is -0.904. The van der Waals surface area contributed by atoms with E-state index >= 15 is 0 Å². The van der Waals surface area contributed by atoms with Gasteiger partial charge in [0.05, 0.1) is 13.2 Å². The zero-order chi connectivity index (χ0) is 13.9. The maximum atomic E-state index is 12.3. The van der Waals surface area contributed by atoms with Crippen LogP contribution in [0.25, 0.3) is 0 Å². The van der Waals surface area contributed by atoms with Gasteiger partial charge in [0.15, 0.2) is 0 Å². The lowest BCUT2D eigenvalue weighted by Gasteiger charge is -2.20. The minimum Gasteiger partial charge on any atom is -0.386 e. The fourth-order valence-corrected chi connectivity index (χ4v) is 2.00. The van der Waals surface area contributed by atoms with Gasteiger partial charge in [0, 0.05) is 25.8 Å². The molecule has 7 heteroatoms. The molecule has 1 unspecified atom stereocenters. The Morgan fingerprint density at radius 2 is 2.42 bits per heavy atom. The predicted molar refractivity (Wildman–Crippen MR) is 63.2 cm³/mol. The molecule has 1 aromatic rings. The number of hydrogen-bond acceptors (Lipinski definition) is 3. The van der Waals surface area contributed by atoms with E-state index in [9.17, 15) is 18.7 Å². The van der Waals surface area contributed by atoms with Crippen LogP contribution in [0.2, 0.25) is 0 Å². The number of aliphatic hydroxyl groups is 1. The van der Waals surface area contributed by atoms with E-state index in [4.69, 9.17) is 4.74 Å². The standard InChI is InChI=1S/C12H16F2N2O3/c13-10(14)6-16-4-1-2-9(16)11(17)15-7-12(18)3-5-19-8-12/h1-2,4,10,18H,3,5-8H2,(H,15,17). The summed E-state index contributed by atoms with van der Waals surface area (Å²) in [6, 6.07) is 3.00. The first-order chi connectivity index (χ1) is 9.00. The van der Waals surface area contributed by atoms with Crippen LogP contribution in [0.3, 0.4) is 0 Å². The summed E-state index contributed by atoms with van der Waals surface area (Å²) in [5.74, 6) is -0.481. The molecule has 0 aromatic carbocycles. The van der Waals surface area contributed by atoms with Crippen LogP contribution < -0.4 is 5.32 Å². The SMILES string of the molecule is O=C(NCC1(O)CCOC1)c1cccn1CC(F)F. The fraction of sp³-hybridized carbons (Fsp3) is 0.583. The molecule has 0 bridgehead atoms. The van der Waals surface area contributed by atoms with Crippen molar-refractivity contribution in [1.29, 1.82) is 0 Å². The zero-order valence-electron chi connectivity index (χ0n) is 10.3. The van der Waals surface area contributed by atoms with Gasteiger partial charge in [-0.1, -0.05) is 0 Å². The van der Waals surface area contributed by atoms with E-state index in [0.717, 1.165) is 0 Å². The van der Waals surface area contributed by atoms with E-state index in [1.54, 1.807) is 0 Å². The van der Waals surface area contributed by atoms with Crippen molar-refractivity contribution in [2.45, 2.75) is 25.0 Å². The quantitative estimate of drug-likeness (QED) is 0.828. The van der Waals surface area contributed by atoms with Crippen LogP contribution in [-0.2, 0) is 11.3 Å². The third-order valence-electron chi connectivity index (χ3n) is 3.06. The Kier molecular flexibility index (Phi) is 4.16. The van der Waals surface area contributed by atoms with Crippen molar-refractivity contribution in [2.24, 2.45) is 0 Å². The van der Waals surface area contributed by atoms with Crippen LogP contribution in [0.5, 0.6) is 0 Å². The molecule has 5 nitrogen and oxygen atoms in total. The second kappa shape index (κ2) is 5.66.